The molecule has 0 amide bonds. The van der Waals surface area contributed by atoms with Gasteiger partial charge in [-0.25, -0.2) is 9.97 Å². The molecule has 0 saturated heterocycles. The molecule has 1 fully saturated rings. The normalized spacial score (nSPS) is 18.2. The Morgan fingerprint density at radius 3 is 2.76 bits per heavy atom. The van der Waals surface area contributed by atoms with Crippen molar-refractivity contribution in [1.82, 2.24) is 14.5 Å². The minimum absolute atomic E-state index is 0.375. The average molecular weight is 306 g/mol. The lowest BCUT2D eigenvalue weighted by molar-refractivity contribution is 0.183. The number of pyridine rings is 1. The Balaban J connectivity index is 2.00. The van der Waals surface area contributed by atoms with Crippen LogP contribution in [-0.4, -0.2) is 20.4 Å². The van der Waals surface area contributed by atoms with Crippen molar-refractivity contribution in [3.05, 3.63) is 23.7 Å². The number of rotatable bonds is 4. The van der Waals surface area contributed by atoms with Crippen LogP contribution in [-0.2, 0) is 13.0 Å². The molecular weight excluding hydrogens is 282 g/mol. The fourth-order valence-electron chi connectivity index (χ4n) is 3.55. The molecule has 0 aliphatic heterocycles. The van der Waals surface area contributed by atoms with Crippen molar-refractivity contribution >= 4 is 22.8 Å². The third-order valence-electron chi connectivity index (χ3n) is 4.72. The molecule has 1 aliphatic rings. The second kappa shape index (κ2) is 5.96. The molecule has 0 bridgehead atoms. The van der Waals surface area contributed by atoms with Crippen molar-refractivity contribution in [2.75, 3.05) is 5.88 Å². The zero-order valence-corrected chi connectivity index (χ0v) is 13.8. The summed E-state index contributed by atoms with van der Waals surface area (Å²) in [5.41, 5.74) is 3.56. The third kappa shape index (κ3) is 3.08. The van der Waals surface area contributed by atoms with Gasteiger partial charge in [0.1, 0.15) is 11.3 Å². The molecule has 1 saturated carbocycles. The monoisotopic (exact) mass is 305 g/mol. The summed E-state index contributed by atoms with van der Waals surface area (Å²) in [4.78, 5) is 9.41. The Bertz CT molecular complexity index is 626. The van der Waals surface area contributed by atoms with E-state index in [1.54, 1.807) is 0 Å². The highest BCUT2D eigenvalue weighted by molar-refractivity contribution is 6.17. The molecule has 0 atom stereocenters. The van der Waals surface area contributed by atoms with Gasteiger partial charge in [0, 0.05) is 25.0 Å². The summed E-state index contributed by atoms with van der Waals surface area (Å²) in [6.45, 7) is 5.50. The summed E-state index contributed by atoms with van der Waals surface area (Å²) in [5, 5.41) is 0. The van der Waals surface area contributed by atoms with Crippen molar-refractivity contribution in [2.24, 2.45) is 5.41 Å². The summed E-state index contributed by atoms with van der Waals surface area (Å²) in [6.07, 6.45) is 9.44. The van der Waals surface area contributed by atoms with Gasteiger partial charge in [0.2, 0.25) is 0 Å². The minimum Gasteiger partial charge on any atom is -0.312 e. The summed E-state index contributed by atoms with van der Waals surface area (Å²) in [7, 11) is 0. The van der Waals surface area contributed by atoms with Gasteiger partial charge in [0.15, 0.2) is 5.65 Å². The molecule has 114 valence electrons. The zero-order chi connectivity index (χ0) is 14.9. The maximum atomic E-state index is 5.97. The summed E-state index contributed by atoms with van der Waals surface area (Å²) < 4.78 is 2.32. The van der Waals surface area contributed by atoms with Gasteiger partial charge in [-0.15, -0.1) is 11.6 Å². The molecule has 2 aromatic heterocycles. The number of hydrogen-bond donors (Lipinski definition) is 0. The molecule has 4 heteroatoms. The van der Waals surface area contributed by atoms with Crippen LogP contribution >= 0.6 is 11.6 Å². The number of hydrogen-bond acceptors (Lipinski definition) is 2. The summed E-state index contributed by atoms with van der Waals surface area (Å²) in [6, 6.07) is 2.12. The Kier molecular flexibility index (Phi) is 4.21. The van der Waals surface area contributed by atoms with E-state index in [0.717, 1.165) is 35.5 Å². The third-order valence-corrected chi connectivity index (χ3v) is 4.91. The van der Waals surface area contributed by atoms with E-state index in [9.17, 15) is 0 Å². The highest BCUT2D eigenvalue weighted by Gasteiger charge is 2.29. The molecule has 0 spiro atoms. The fraction of sp³-hybridized carbons (Fsp3) is 0.647. The number of aromatic nitrogens is 3. The number of imidazole rings is 1. The lowest BCUT2D eigenvalue weighted by Crippen LogP contribution is -2.27. The molecule has 1 aliphatic carbocycles. The molecule has 0 unspecified atom stereocenters. The average Bonchev–Trinajstić information content (AvgIpc) is 2.76. The SMILES string of the molecule is Cc1cnc2c(c1)nc(CCCl)n2CC1(C)CCCCC1. The lowest BCUT2D eigenvalue weighted by atomic mass is 9.75. The van der Waals surface area contributed by atoms with Crippen molar-refractivity contribution in [3.8, 4) is 0 Å². The van der Waals surface area contributed by atoms with Crippen molar-refractivity contribution < 1.29 is 0 Å². The van der Waals surface area contributed by atoms with Gasteiger partial charge < -0.3 is 4.57 Å². The van der Waals surface area contributed by atoms with Gasteiger partial charge in [0.25, 0.3) is 0 Å². The van der Waals surface area contributed by atoms with Crippen LogP contribution in [0.15, 0.2) is 12.3 Å². The van der Waals surface area contributed by atoms with Crippen molar-refractivity contribution in [1.29, 1.82) is 0 Å². The van der Waals surface area contributed by atoms with E-state index >= 15 is 0 Å². The Labute approximate surface area is 131 Å². The van der Waals surface area contributed by atoms with Gasteiger partial charge in [-0.2, -0.15) is 0 Å². The largest absolute Gasteiger partial charge is 0.312 e. The molecule has 0 radical (unpaired) electrons. The first-order valence-electron chi connectivity index (χ1n) is 7.99. The van der Waals surface area contributed by atoms with E-state index in [1.165, 1.54) is 32.1 Å². The van der Waals surface area contributed by atoms with Crippen LogP contribution in [0.25, 0.3) is 11.2 Å². The second-order valence-electron chi connectivity index (χ2n) is 6.78. The Morgan fingerprint density at radius 2 is 2.05 bits per heavy atom. The zero-order valence-electron chi connectivity index (χ0n) is 13.0. The number of fused-ring (bicyclic) bond motifs is 1. The van der Waals surface area contributed by atoms with Crippen LogP contribution in [0.3, 0.4) is 0 Å². The molecule has 0 N–H and O–H groups in total. The molecule has 2 heterocycles. The predicted octanol–water partition coefficient (Wildman–Crippen LogP) is 4.49. The van der Waals surface area contributed by atoms with Gasteiger partial charge in [0.05, 0.1) is 0 Å². The van der Waals surface area contributed by atoms with Gasteiger partial charge >= 0.3 is 0 Å². The van der Waals surface area contributed by atoms with E-state index in [2.05, 4.69) is 29.5 Å². The van der Waals surface area contributed by atoms with Crippen LogP contribution < -0.4 is 0 Å². The lowest BCUT2D eigenvalue weighted by Gasteiger charge is -2.34. The van der Waals surface area contributed by atoms with E-state index in [1.807, 2.05) is 6.20 Å². The molecule has 0 aromatic carbocycles. The quantitative estimate of drug-likeness (QED) is 0.779. The summed E-state index contributed by atoms with van der Waals surface area (Å²) >= 11 is 5.97. The predicted molar refractivity (Wildman–Crippen MR) is 87.9 cm³/mol. The first kappa shape index (κ1) is 14.8. The molecule has 21 heavy (non-hydrogen) atoms. The standard InChI is InChI=1S/C17H24ClN3/c1-13-10-14-16(19-11-13)21(15(20-14)6-9-18)12-17(2)7-4-3-5-8-17/h10-11H,3-9,12H2,1-2H3. The van der Waals surface area contributed by atoms with Gasteiger partial charge in [-0.05, 0) is 36.8 Å². The van der Waals surface area contributed by atoms with E-state index in [-0.39, 0.29) is 0 Å². The van der Waals surface area contributed by atoms with Gasteiger partial charge in [-0.3, -0.25) is 0 Å². The molecule has 3 nitrogen and oxygen atoms in total. The van der Waals surface area contributed by atoms with Crippen molar-refractivity contribution in [2.45, 2.75) is 58.9 Å². The molecule has 2 aromatic rings. The number of alkyl halides is 1. The number of aryl methyl sites for hydroxylation is 2. The molecule has 3 rings (SSSR count). The van der Waals surface area contributed by atoms with Crippen LogP contribution in [0.4, 0.5) is 0 Å². The van der Waals surface area contributed by atoms with Crippen LogP contribution in [0.1, 0.15) is 50.4 Å². The van der Waals surface area contributed by atoms with E-state index in [0.29, 0.717) is 11.3 Å². The van der Waals surface area contributed by atoms with Crippen LogP contribution in [0, 0.1) is 12.3 Å². The molecular formula is C17H24ClN3. The topological polar surface area (TPSA) is 30.7 Å². The highest BCUT2D eigenvalue weighted by Crippen LogP contribution is 2.38. The fourth-order valence-corrected chi connectivity index (χ4v) is 3.71. The van der Waals surface area contributed by atoms with Crippen LogP contribution in [0.5, 0.6) is 0 Å². The second-order valence-corrected chi connectivity index (χ2v) is 7.16. The van der Waals surface area contributed by atoms with Crippen molar-refractivity contribution in [3.63, 3.8) is 0 Å². The first-order valence-corrected chi connectivity index (χ1v) is 8.52. The highest BCUT2D eigenvalue weighted by atomic mass is 35.5. The maximum Gasteiger partial charge on any atom is 0.160 e. The number of nitrogens with zero attached hydrogens (tertiary/aromatic N) is 3. The van der Waals surface area contributed by atoms with E-state index in [4.69, 9.17) is 16.6 Å². The number of halogens is 1. The Hall–Kier alpha value is -1.09. The minimum atomic E-state index is 0.375. The first-order chi connectivity index (χ1) is 10.1. The van der Waals surface area contributed by atoms with Crippen LogP contribution in [0.2, 0.25) is 0 Å². The maximum absolute atomic E-state index is 5.97. The van der Waals surface area contributed by atoms with E-state index < -0.39 is 0 Å². The summed E-state index contributed by atoms with van der Waals surface area (Å²) in [5.74, 6) is 1.70. The van der Waals surface area contributed by atoms with Gasteiger partial charge in [-0.1, -0.05) is 26.2 Å². The Morgan fingerprint density at radius 1 is 1.29 bits per heavy atom. The smallest absolute Gasteiger partial charge is 0.160 e.